The first-order chi connectivity index (χ1) is 9.28. The summed E-state index contributed by atoms with van der Waals surface area (Å²) < 4.78 is 21.4. The molecule has 0 unspecified atom stereocenters. The summed E-state index contributed by atoms with van der Waals surface area (Å²) in [5, 5.41) is 1.71. The average molecular weight is 259 g/mol. The largest absolute Gasteiger partial charge is 0.496 e. The van der Waals surface area contributed by atoms with E-state index in [4.69, 9.17) is 18.6 Å². The van der Waals surface area contributed by atoms with E-state index in [1.807, 2.05) is 12.1 Å². The minimum absolute atomic E-state index is 0.422. The lowest BCUT2D eigenvalue weighted by molar-refractivity contribution is 0.311. The van der Waals surface area contributed by atoms with E-state index in [9.17, 15) is 0 Å². The molecule has 0 atom stereocenters. The highest BCUT2D eigenvalue weighted by molar-refractivity contribution is 6.08. The number of methoxy groups -OCH3 is 3. The maximum atomic E-state index is 5.59. The lowest BCUT2D eigenvalue weighted by Crippen LogP contribution is -1.90. The normalized spacial score (nSPS) is 10.9. The zero-order chi connectivity index (χ0) is 13.4. The van der Waals surface area contributed by atoms with Crippen molar-refractivity contribution in [3.05, 3.63) is 24.4 Å². The van der Waals surface area contributed by atoms with Crippen molar-refractivity contribution >= 4 is 21.9 Å². The number of hydrogen-bond acceptors (Lipinski definition) is 5. The van der Waals surface area contributed by atoms with Gasteiger partial charge in [-0.3, -0.25) is 4.98 Å². The summed E-state index contributed by atoms with van der Waals surface area (Å²) in [4.78, 5) is 4.39. The van der Waals surface area contributed by atoms with Crippen LogP contribution in [0.1, 0.15) is 0 Å². The zero-order valence-corrected chi connectivity index (χ0v) is 10.9. The van der Waals surface area contributed by atoms with Gasteiger partial charge in [0, 0.05) is 17.6 Å². The fourth-order valence-electron chi connectivity index (χ4n) is 2.16. The van der Waals surface area contributed by atoms with Crippen LogP contribution in [-0.2, 0) is 0 Å². The molecule has 0 spiro atoms. The van der Waals surface area contributed by atoms with Gasteiger partial charge in [-0.05, 0) is 12.1 Å². The second-order valence-electron chi connectivity index (χ2n) is 4.00. The number of hydrogen-bond donors (Lipinski definition) is 0. The van der Waals surface area contributed by atoms with E-state index in [0.717, 1.165) is 22.0 Å². The average Bonchev–Trinajstić information content (AvgIpc) is 2.90. The number of rotatable bonds is 3. The molecule has 5 nitrogen and oxygen atoms in total. The molecule has 3 rings (SSSR count). The Labute approximate surface area is 109 Å². The number of benzene rings is 1. The summed E-state index contributed by atoms with van der Waals surface area (Å²) in [5.41, 5.74) is 1.41. The van der Waals surface area contributed by atoms with Crippen LogP contribution in [0.25, 0.3) is 21.9 Å². The summed E-state index contributed by atoms with van der Waals surface area (Å²) in [5.74, 6) is 1.79. The molecule has 3 aromatic rings. The van der Waals surface area contributed by atoms with Crippen molar-refractivity contribution in [3.63, 3.8) is 0 Å². The molecule has 2 aromatic heterocycles. The molecule has 0 aliphatic heterocycles. The molecular weight excluding hydrogens is 246 g/mol. The maximum Gasteiger partial charge on any atom is 0.285 e. The van der Waals surface area contributed by atoms with Crippen LogP contribution in [0.2, 0.25) is 0 Å². The first-order valence-corrected chi connectivity index (χ1v) is 5.75. The zero-order valence-electron chi connectivity index (χ0n) is 10.9. The molecular formula is C14H13NO4. The van der Waals surface area contributed by atoms with Crippen LogP contribution < -0.4 is 14.2 Å². The molecule has 0 bridgehead atoms. The molecule has 0 saturated heterocycles. The number of aromatic nitrogens is 1. The Morgan fingerprint density at radius 3 is 2.42 bits per heavy atom. The van der Waals surface area contributed by atoms with Gasteiger partial charge in [0.1, 0.15) is 5.75 Å². The highest BCUT2D eigenvalue weighted by Gasteiger charge is 2.16. The van der Waals surface area contributed by atoms with Gasteiger partial charge in [-0.2, -0.15) is 0 Å². The number of ether oxygens (including phenoxy) is 3. The van der Waals surface area contributed by atoms with E-state index in [-0.39, 0.29) is 0 Å². The molecule has 2 heterocycles. The predicted molar refractivity (Wildman–Crippen MR) is 71.2 cm³/mol. The number of nitrogens with zero attached hydrogens (tertiary/aromatic N) is 1. The SMILES string of the molecule is COc1cc2c(o1)c(OC)cc1c(OC)ccnc12. The lowest BCUT2D eigenvalue weighted by Gasteiger charge is -2.07. The summed E-state index contributed by atoms with van der Waals surface area (Å²) in [7, 11) is 4.78. The van der Waals surface area contributed by atoms with Crippen molar-refractivity contribution in [2.75, 3.05) is 21.3 Å². The fourth-order valence-corrected chi connectivity index (χ4v) is 2.16. The summed E-state index contributed by atoms with van der Waals surface area (Å²) in [6.07, 6.45) is 1.70. The molecule has 0 fully saturated rings. The van der Waals surface area contributed by atoms with Crippen LogP contribution in [0.5, 0.6) is 17.4 Å². The van der Waals surface area contributed by atoms with Gasteiger partial charge >= 0.3 is 0 Å². The van der Waals surface area contributed by atoms with Crippen LogP contribution in [0.4, 0.5) is 0 Å². The van der Waals surface area contributed by atoms with Crippen molar-refractivity contribution in [2.24, 2.45) is 0 Å². The predicted octanol–water partition coefficient (Wildman–Crippen LogP) is 3.01. The highest BCUT2D eigenvalue weighted by atomic mass is 16.6. The van der Waals surface area contributed by atoms with Gasteiger partial charge in [-0.25, -0.2) is 0 Å². The topological polar surface area (TPSA) is 53.7 Å². The molecule has 0 saturated carbocycles. The molecule has 19 heavy (non-hydrogen) atoms. The van der Waals surface area contributed by atoms with Crippen LogP contribution in [0.3, 0.4) is 0 Å². The molecule has 0 radical (unpaired) electrons. The van der Waals surface area contributed by atoms with Crippen LogP contribution in [-0.4, -0.2) is 26.3 Å². The second kappa shape index (κ2) is 4.35. The molecule has 0 amide bonds. The van der Waals surface area contributed by atoms with Crippen molar-refractivity contribution in [1.29, 1.82) is 0 Å². The molecule has 0 aliphatic carbocycles. The Morgan fingerprint density at radius 2 is 1.74 bits per heavy atom. The summed E-state index contributed by atoms with van der Waals surface area (Å²) in [6, 6.07) is 5.46. The third kappa shape index (κ3) is 1.66. The molecule has 0 N–H and O–H groups in total. The quantitative estimate of drug-likeness (QED) is 0.723. The Bertz CT molecular complexity index is 748. The van der Waals surface area contributed by atoms with Gasteiger partial charge in [0.15, 0.2) is 11.3 Å². The lowest BCUT2D eigenvalue weighted by atomic mass is 10.1. The van der Waals surface area contributed by atoms with Crippen molar-refractivity contribution < 1.29 is 18.6 Å². The number of fused-ring (bicyclic) bond motifs is 3. The molecule has 0 aliphatic rings. The van der Waals surface area contributed by atoms with E-state index < -0.39 is 0 Å². The van der Waals surface area contributed by atoms with Gasteiger partial charge in [0.25, 0.3) is 5.95 Å². The van der Waals surface area contributed by atoms with Crippen molar-refractivity contribution in [3.8, 4) is 17.4 Å². The van der Waals surface area contributed by atoms with Crippen molar-refractivity contribution in [2.45, 2.75) is 0 Å². The van der Waals surface area contributed by atoms with Gasteiger partial charge in [-0.1, -0.05) is 0 Å². The smallest absolute Gasteiger partial charge is 0.285 e. The monoisotopic (exact) mass is 259 g/mol. The molecule has 5 heteroatoms. The fraction of sp³-hybridized carbons (Fsp3) is 0.214. The minimum atomic E-state index is 0.422. The van der Waals surface area contributed by atoms with Crippen LogP contribution in [0, 0.1) is 0 Å². The minimum Gasteiger partial charge on any atom is -0.496 e. The Kier molecular flexibility index (Phi) is 2.67. The third-order valence-corrected chi connectivity index (χ3v) is 3.05. The Balaban J connectivity index is 2.48. The first kappa shape index (κ1) is 11.6. The van der Waals surface area contributed by atoms with Crippen LogP contribution >= 0.6 is 0 Å². The maximum absolute atomic E-state index is 5.59. The number of furan rings is 1. The van der Waals surface area contributed by atoms with Crippen LogP contribution in [0.15, 0.2) is 28.8 Å². The molecule has 1 aromatic carbocycles. The second-order valence-corrected chi connectivity index (χ2v) is 4.00. The van der Waals surface area contributed by atoms with E-state index in [0.29, 0.717) is 17.3 Å². The first-order valence-electron chi connectivity index (χ1n) is 5.75. The molecule has 98 valence electrons. The van der Waals surface area contributed by atoms with Gasteiger partial charge < -0.3 is 18.6 Å². The van der Waals surface area contributed by atoms with E-state index >= 15 is 0 Å². The van der Waals surface area contributed by atoms with Gasteiger partial charge in [0.2, 0.25) is 0 Å². The van der Waals surface area contributed by atoms with Crippen molar-refractivity contribution in [1.82, 2.24) is 4.98 Å². The summed E-state index contributed by atoms with van der Waals surface area (Å²) >= 11 is 0. The Morgan fingerprint density at radius 1 is 0.947 bits per heavy atom. The van der Waals surface area contributed by atoms with E-state index in [1.165, 1.54) is 0 Å². The van der Waals surface area contributed by atoms with Gasteiger partial charge in [0.05, 0.1) is 32.2 Å². The standard InChI is InChI=1S/C14H13NO4/c1-16-10-4-5-15-13-8(10)6-11(17-2)14-9(13)7-12(18-3)19-14/h4-7H,1-3H3. The third-order valence-electron chi connectivity index (χ3n) is 3.05. The van der Waals surface area contributed by atoms with Gasteiger partial charge in [-0.15, -0.1) is 0 Å². The van der Waals surface area contributed by atoms with E-state index in [1.54, 1.807) is 33.6 Å². The summed E-state index contributed by atoms with van der Waals surface area (Å²) in [6.45, 7) is 0. The number of pyridine rings is 1. The van der Waals surface area contributed by atoms with E-state index in [2.05, 4.69) is 4.98 Å². The highest BCUT2D eigenvalue weighted by Crippen LogP contribution is 2.39. The Hall–Kier alpha value is -2.43.